The van der Waals surface area contributed by atoms with Crippen LogP contribution >= 0.6 is 11.3 Å². The van der Waals surface area contributed by atoms with Crippen LogP contribution in [0.2, 0.25) is 0 Å². The number of quaternary nitrogens is 1. The van der Waals surface area contributed by atoms with E-state index in [0.29, 0.717) is 0 Å². The first-order chi connectivity index (χ1) is 17.3. The van der Waals surface area contributed by atoms with Crippen LogP contribution in [0.25, 0.3) is 10.2 Å². The topological polar surface area (TPSA) is 57.6 Å². The van der Waals surface area contributed by atoms with E-state index in [0.717, 1.165) is 51.4 Å². The molecule has 0 saturated heterocycles. The zero-order chi connectivity index (χ0) is 25.5. The van der Waals surface area contributed by atoms with E-state index in [1.807, 2.05) is 55.6 Å². The van der Waals surface area contributed by atoms with Crippen LogP contribution in [0.5, 0.6) is 0 Å². The molecule has 8 heteroatoms. The minimum atomic E-state index is 0.794. The predicted octanol–water partition coefficient (Wildman–Crippen LogP) is 6.12. The lowest BCUT2D eigenvalue weighted by Crippen LogP contribution is -2.42. The molecule has 4 rings (SSSR count). The van der Waals surface area contributed by atoms with E-state index in [-0.39, 0.29) is 0 Å². The summed E-state index contributed by atoms with van der Waals surface area (Å²) < 4.78 is 4.20. The first-order valence-corrected chi connectivity index (χ1v) is 12.9. The van der Waals surface area contributed by atoms with Gasteiger partial charge in [0.15, 0.2) is 0 Å². The third-order valence-electron chi connectivity index (χ3n) is 5.88. The Kier molecular flexibility index (Phi) is 8.07. The maximum atomic E-state index is 4.40. The zero-order valence-corrected chi connectivity index (χ0v) is 22.5. The number of aromatic nitrogens is 1. The monoisotopic (exact) mass is 500 g/mol. The van der Waals surface area contributed by atoms with Gasteiger partial charge in [-0.05, 0) is 61.0 Å². The highest BCUT2D eigenvalue weighted by molar-refractivity contribution is 7.16. The highest BCUT2D eigenvalue weighted by Crippen LogP contribution is 2.22. The Bertz CT molecular complexity index is 1410. The molecule has 0 spiro atoms. The van der Waals surface area contributed by atoms with Gasteiger partial charge in [-0.15, -0.1) is 5.10 Å². The number of anilines is 1. The summed E-state index contributed by atoms with van der Waals surface area (Å²) in [5.74, 6) is 0. The van der Waals surface area contributed by atoms with Gasteiger partial charge in [0.1, 0.15) is 0 Å². The van der Waals surface area contributed by atoms with E-state index in [2.05, 4.69) is 82.2 Å². The summed E-state index contributed by atoms with van der Waals surface area (Å²) in [4.78, 5) is 3.25. The molecule has 0 bridgehead atoms. The van der Waals surface area contributed by atoms with Crippen LogP contribution in [0.1, 0.15) is 12.5 Å². The van der Waals surface area contributed by atoms with Crippen LogP contribution in [-0.4, -0.2) is 56.0 Å². The van der Waals surface area contributed by atoms with Crippen molar-refractivity contribution in [2.24, 2.45) is 27.5 Å². The van der Waals surface area contributed by atoms with Crippen molar-refractivity contribution in [3.8, 4) is 0 Å². The minimum absolute atomic E-state index is 0.794. The smallest absolute Gasteiger partial charge is 0.211 e. The lowest BCUT2D eigenvalue weighted by molar-refractivity contribution is -0.868. The van der Waals surface area contributed by atoms with E-state index < -0.39 is 0 Å². The average molecular weight is 501 g/mol. The molecule has 0 fully saturated rings. The Morgan fingerprint density at radius 1 is 0.889 bits per heavy atom. The minimum Gasteiger partial charge on any atom is -0.366 e. The Morgan fingerprint density at radius 3 is 2.14 bits per heavy atom. The van der Waals surface area contributed by atoms with Crippen molar-refractivity contribution in [2.45, 2.75) is 6.92 Å². The van der Waals surface area contributed by atoms with Crippen molar-refractivity contribution in [2.75, 3.05) is 45.7 Å². The molecule has 1 heterocycles. The van der Waals surface area contributed by atoms with E-state index in [1.165, 1.54) is 10.4 Å². The van der Waals surface area contributed by atoms with Gasteiger partial charge in [0.05, 0.1) is 62.0 Å². The molecular formula is C28H34N7S+. The van der Waals surface area contributed by atoms with Gasteiger partial charge in [0.2, 0.25) is 4.80 Å². The standard InChI is InChI=1S/C28H34N7S/c1-6-34(19-20-35(3,4)5)25-17-15-24(16-18-25)31-30-23-13-11-22(12-14-23)21-29-32-28-33(2)26-9-7-8-10-27(26)36-28/h7-18,21H,6,19-20H2,1-5H3/q+1. The maximum Gasteiger partial charge on any atom is 0.211 e. The first kappa shape index (κ1) is 25.5. The molecule has 186 valence electrons. The second-order valence-corrected chi connectivity index (χ2v) is 10.7. The quantitative estimate of drug-likeness (QED) is 0.118. The number of rotatable bonds is 9. The highest BCUT2D eigenvalue weighted by atomic mass is 32.1. The fourth-order valence-corrected chi connectivity index (χ4v) is 4.66. The summed E-state index contributed by atoms with van der Waals surface area (Å²) in [6.07, 6.45) is 1.75. The van der Waals surface area contributed by atoms with Gasteiger partial charge in [-0.25, -0.2) is 0 Å². The molecule has 1 aromatic heterocycles. The second kappa shape index (κ2) is 11.4. The van der Waals surface area contributed by atoms with Crippen molar-refractivity contribution in [3.05, 3.63) is 83.2 Å². The lowest BCUT2D eigenvalue weighted by Gasteiger charge is -2.29. The summed E-state index contributed by atoms with van der Waals surface area (Å²) in [5, 5.41) is 17.5. The number of nitrogens with zero attached hydrogens (tertiary/aromatic N) is 7. The van der Waals surface area contributed by atoms with E-state index in [1.54, 1.807) is 17.6 Å². The number of hydrogen-bond donors (Lipinski definition) is 0. The molecule has 0 atom stereocenters. The summed E-state index contributed by atoms with van der Waals surface area (Å²) in [7, 11) is 8.67. The SMILES string of the molecule is CCN(CC[N+](C)(C)C)c1ccc(N=Nc2ccc(C=NN=c3sc4ccccc4n3C)cc2)cc1. The van der Waals surface area contributed by atoms with Gasteiger partial charge < -0.3 is 14.0 Å². The van der Waals surface area contributed by atoms with Gasteiger partial charge in [0.25, 0.3) is 0 Å². The van der Waals surface area contributed by atoms with Crippen LogP contribution in [0.15, 0.2) is 93.2 Å². The van der Waals surface area contributed by atoms with Gasteiger partial charge in [-0.1, -0.05) is 35.6 Å². The molecule has 0 aliphatic rings. The molecule has 7 nitrogen and oxygen atoms in total. The molecule has 0 aliphatic heterocycles. The summed E-state index contributed by atoms with van der Waals surface area (Å²) in [6.45, 7) is 5.28. The molecule has 0 aliphatic carbocycles. The summed E-state index contributed by atoms with van der Waals surface area (Å²) >= 11 is 1.62. The highest BCUT2D eigenvalue weighted by Gasteiger charge is 2.11. The fourth-order valence-electron chi connectivity index (χ4n) is 3.69. The Labute approximate surface area is 217 Å². The third kappa shape index (κ3) is 6.74. The van der Waals surface area contributed by atoms with Crippen LogP contribution in [0, 0.1) is 0 Å². The summed E-state index contributed by atoms with van der Waals surface area (Å²) in [5.41, 5.74) is 4.95. The molecule has 4 aromatic rings. The van der Waals surface area contributed by atoms with Gasteiger partial charge in [0, 0.05) is 19.3 Å². The summed E-state index contributed by atoms with van der Waals surface area (Å²) in [6, 6.07) is 24.3. The van der Waals surface area contributed by atoms with Crippen LogP contribution < -0.4 is 9.70 Å². The van der Waals surface area contributed by atoms with Crippen molar-refractivity contribution in [1.29, 1.82) is 0 Å². The Morgan fingerprint density at radius 2 is 1.53 bits per heavy atom. The molecule has 0 saturated carbocycles. The van der Waals surface area contributed by atoms with Gasteiger partial charge in [-0.2, -0.15) is 15.3 Å². The number of likely N-dealkylation sites (N-methyl/N-ethyl adjacent to an activating group) is 2. The third-order valence-corrected chi connectivity index (χ3v) is 6.98. The molecule has 0 amide bonds. The predicted molar refractivity (Wildman–Crippen MR) is 152 cm³/mol. The number of benzene rings is 3. The van der Waals surface area contributed by atoms with E-state index in [4.69, 9.17) is 0 Å². The largest absolute Gasteiger partial charge is 0.366 e. The van der Waals surface area contributed by atoms with Gasteiger partial charge >= 0.3 is 0 Å². The lowest BCUT2D eigenvalue weighted by atomic mass is 10.2. The van der Waals surface area contributed by atoms with Crippen molar-refractivity contribution >= 4 is 44.8 Å². The van der Waals surface area contributed by atoms with Gasteiger partial charge in [-0.3, -0.25) is 0 Å². The number of azo groups is 1. The number of fused-ring (bicyclic) bond motifs is 1. The van der Waals surface area contributed by atoms with Crippen LogP contribution in [0.4, 0.5) is 17.1 Å². The Hall–Kier alpha value is -3.62. The molecule has 36 heavy (non-hydrogen) atoms. The second-order valence-electron chi connectivity index (χ2n) is 9.66. The fraction of sp³-hybridized carbons (Fsp3) is 0.286. The number of aryl methyl sites for hydroxylation is 1. The number of hydrogen-bond acceptors (Lipinski definition) is 6. The average Bonchev–Trinajstić information content (AvgIpc) is 3.19. The number of thiazole rings is 1. The molecule has 0 unspecified atom stereocenters. The molecule has 3 aromatic carbocycles. The van der Waals surface area contributed by atoms with Crippen molar-refractivity contribution in [1.82, 2.24) is 4.57 Å². The van der Waals surface area contributed by atoms with Crippen LogP contribution in [0.3, 0.4) is 0 Å². The van der Waals surface area contributed by atoms with E-state index >= 15 is 0 Å². The maximum absolute atomic E-state index is 4.40. The van der Waals surface area contributed by atoms with Crippen molar-refractivity contribution in [3.63, 3.8) is 0 Å². The Balaban J connectivity index is 1.37. The van der Waals surface area contributed by atoms with Crippen molar-refractivity contribution < 1.29 is 4.48 Å². The molecular weight excluding hydrogens is 466 g/mol. The number of para-hydroxylation sites is 1. The van der Waals surface area contributed by atoms with Crippen LogP contribution in [-0.2, 0) is 7.05 Å². The normalized spacial score (nSPS) is 12.9. The molecule has 0 N–H and O–H groups in total. The first-order valence-electron chi connectivity index (χ1n) is 12.1. The zero-order valence-electron chi connectivity index (χ0n) is 21.7. The van der Waals surface area contributed by atoms with E-state index in [9.17, 15) is 0 Å². The molecule has 0 radical (unpaired) electrons.